The number of hydrogen-bond donors (Lipinski definition) is 2. The van der Waals surface area contributed by atoms with Crippen molar-refractivity contribution in [3.05, 3.63) is 35.4 Å². The second kappa shape index (κ2) is 8.81. The van der Waals surface area contributed by atoms with Crippen molar-refractivity contribution in [1.82, 2.24) is 0 Å². The number of ether oxygens (including phenoxy) is 2. The molecule has 1 aromatic carbocycles. The van der Waals surface area contributed by atoms with E-state index >= 15 is 0 Å². The predicted octanol–water partition coefficient (Wildman–Crippen LogP) is 6.16. The van der Waals surface area contributed by atoms with Crippen LogP contribution in [0.25, 0.3) is 0 Å². The van der Waals surface area contributed by atoms with Crippen LogP contribution in [0.2, 0.25) is 0 Å². The van der Waals surface area contributed by atoms with Crippen LogP contribution in [0.15, 0.2) is 24.3 Å². The molecule has 1 saturated heterocycles. The van der Waals surface area contributed by atoms with E-state index in [9.17, 15) is 10.2 Å². The molecule has 4 nitrogen and oxygen atoms in total. The van der Waals surface area contributed by atoms with Crippen LogP contribution in [0, 0.1) is 46.8 Å². The lowest BCUT2D eigenvalue weighted by molar-refractivity contribution is -0.259. The molecule has 206 valence electrons. The first-order chi connectivity index (χ1) is 18.2. The topological polar surface area (TPSA) is 58.9 Å². The zero-order valence-electron chi connectivity index (χ0n) is 23.5. The first kappa shape index (κ1) is 25.6. The number of aliphatic hydroxyl groups is 2. The number of benzene rings is 1. The van der Waals surface area contributed by atoms with Crippen molar-refractivity contribution in [2.45, 2.75) is 114 Å². The van der Waals surface area contributed by atoms with Gasteiger partial charge in [-0.25, -0.2) is 0 Å². The van der Waals surface area contributed by atoms with Gasteiger partial charge in [0.1, 0.15) is 5.60 Å². The molecular weight excluding hydrogens is 472 g/mol. The minimum Gasteiger partial charge on any atom is -0.389 e. The Morgan fingerprint density at radius 1 is 0.921 bits per heavy atom. The molecule has 6 aliphatic rings. The van der Waals surface area contributed by atoms with E-state index in [-0.39, 0.29) is 11.3 Å². The smallest absolute Gasteiger partial charge is 0.171 e. The molecule has 6 fully saturated rings. The monoisotopic (exact) mass is 518 g/mol. The van der Waals surface area contributed by atoms with E-state index in [0.717, 1.165) is 50.9 Å². The Bertz CT molecular complexity index is 1120. The largest absolute Gasteiger partial charge is 0.389 e. The van der Waals surface area contributed by atoms with E-state index in [0.29, 0.717) is 49.2 Å². The summed E-state index contributed by atoms with van der Waals surface area (Å²) in [7, 11) is 0. The molecule has 5 saturated carbocycles. The Morgan fingerprint density at radius 3 is 2.32 bits per heavy atom. The number of rotatable bonds is 3. The maximum Gasteiger partial charge on any atom is 0.171 e. The zero-order valence-corrected chi connectivity index (χ0v) is 23.5. The maximum atomic E-state index is 12.3. The average Bonchev–Trinajstić information content (AvgIpc) is 3.61. The van der Waals surface area contributed by atoms with Gasteiger partial charge >= 0.3 is 0 Å². The standard InChI is InChI=1S/C34H46O4/c1-4-14-33(36)16-12-28-26-11-15-32(35)21-34(37-18-19-38-34)17-13-29(32)30(26)27(20-31(28,33)3)25-9-7-24(8-10-25)22(2)23-5-6-23/h7-10,22-23,26-30,35-36H,5-6,11-13,15-21H2,1-3H3. The minimum atomic E-state index is -0.925. The Balaban J connectivity index is 1.27. The van der Waals surface area contributed by atoms with Crippen molar-refractivity contribution in [1.29, 1.82) is 0 Å². The van der Waals surface area contributed by atoms with Crippen molar-refractivity contribution in [3.63, 3.8) is 0 Å². The molecule has 0 radical (unpaired) electrons. The van der Waals surface area contributed by atoms with E-state index in [2.05, 4.69) is 50.0 Å². The maximum absolute atomic E-state index is 12.3. The third-order valence-corrected chi connectivity index (χ3v) is 12.5. The summed E-state index contributed by atoms with van der Waals surface area (Å²) in [5, 5.41) is 24.2. The van der Waals surface area contributed by atoms with Gasteiger partial charge in [-0.3, -0.25) is 0 Å². The summed E-state index contributed by atoms with van der Waals surface area (Å²) in [4.78, 5) is 0. The summed E-state index contributed by atoms with van der Waals surface area (Å²) in [5.74, 6) is 9.19. The summed E-state index contributed by atoms with van der Waals surface area (Å²) >= 11 is 0. The zero-order chi connectivity index (χ0) is 26.3. The Morgan fingerprint density at radius 2 is 1.63 bits per heavy atom. The molecule has 7 rings (SSSR count). The van der Waals surface area contributed by atoms with Crippen LogP contribution in [-0.4, -0.2) is 40.4 Å². The molecule has 0 aromatic heterocycles. The molecular formula is C34H46O4. The molecule has 1 heterocycles. The molecule has 0 bridgehead atoms. The third kappa shape index (κ3) is 3.72. The van der Waals surface area contributed by atoms with Crippen LogP contribution in [0.4, 0.5) is 0 Å². The van der Waals surface area contributed by atoms with Crippen molar-refractivity contribution >= 4 is 0 Å². The van der Waals surface area contributed by atoms with E-state index in [4.69, 9.17) is 9.47 Å². The fraction of sp³-hybridized carbons (Fsp3) is 0.765. The molecule has 1 aliphatic heterocycles. The highest BCUT2D eigenvalue weighted by Crippen LogP contribution is 2.69. The van der Waals surface area contributed by atoms with Crippen LogP contribution >= 0.6 is 0 Å². The highest BCUT2D eigenvalue weighted by Gasteiger charge is 2.67. The number of hydrogen-bond acceptors (Lipinski definition) is 4. The molecule has 9 unspecified atom stereocenters. The van der Waals surface area contributed by atoms with Gasteiger partial charge in [0, 0.05) is 18.3 Å². The van der Waals surface area contributed by atoms with Gasteiger partial charge in [0.15, 0.2) is 5.79 Å². The van der Waals surface area contributed by atoms with Gasteiger partial charge < -0.3 is 19.7 Å². The molecule has 1 aromatic rings. The quantitative estimate of drug-likeness (QED) is 0.471. The van der Waals surface area contributed by atoms with Gasteiger partial charge in [0.2, 0.25) is 0 Å². The Kier molecular flexibility index (Phi) is 5.93. The Labute approximate surface area is 228 Å². The molecule has 0 amide bonds. The number of fused-ring (bicyclic) bond motifs is 5. The van der Waals surface area contributed by atoms with Crippen LogP contribution in [0.3, 0.4) is 0 Å². The summed E-state index contributed by atoms with van der Waals surface area (Å²) in [6, 6.07) is 9.53. The predicted molar refractivity (Wildman–Crippen MR) is 147 cm³/mol. The van der Waals surface area contributed by atoms with Crippen molar-refractivity contribution < 1.29 is 19.7 Å². The highest BCUT2D eigenvalue weighted by atomic mass is 16.7. The van der Waals surface area contributed by atoms with Crippen LogP contribution in [0.5, 0.6) is 0 Å². The van der Waals surface area contributed by atoms with E-state index < -0.39 is 17.0 Å². The van der Waals surface area contributed by atoms with Gasteiger partial charge in [0.05, 0.1) is 18.8 Å². The van der Waals surface area contributed by atoms with Crippen LogP contribution in [-0.2, 0) is 9.47 Å². The van der Waals surface area contributed by atoms with Gasteiger partial charge in [-0.1, -0.05) is 44.0 Å². The van der Waals surface area contributed by atoms with Crippen LogP contribution in [0.1, 0.15) is 108 Å². The lowest BCUT2D eigenvalue weighted by Crippen LogP contribution is -2.62. The Hall–Kier alpha value is -1.38. The fourth-order valence-corrected chi connectivity index (χ4v) is 10.4. The van der Waals surface area contributed by atoms with E-state index in [1.54, 1.807) is 0 Å². The fourth-order valence-electron chi connectivity index (χ4n) is 10.4. The molecule has 4 heteroatoms. The molecule has 1 spiro atoms. The first-order valence-corrected chi connectivity index (χ1v) is 15.5. The SMILES string of the molecule is CC#CC1(O)CCC2C3CCC4(O)CC5(CCC4C3C(c3ccc(C(C)C4CC4)cc3)CC21C)OCCO5. The lowest BCUT2D eigenvalue weighted by Gasteiger charge is -2.62. The van der Waals surface area contributed by atoms with Crippen molar-refractivity contribution in [3.8, 4) is 11.8 Å². The van der Waals surface area contributed by atoms with Crippen LogP contribution < -0.4 is 0 Å². The third-order valence-electron chi connectivity index (χ3n) is 12.5. The van der Waals surface area contributed by atoms with Gasteiger partial charge in [-0.15, -0.1) is 5.92 Å². The van der Waals surface area contributed by atoms with E-state index in [1.807, 2.05) is 6.92 Å². The van der Waals surface area contributed by atoms with E-state index in [1.165, 1.54) is 24.0 Å². The van der Waals surface area contributed by atoms with Crippen molar-refractivity contribution in [2.75, 3.05) is 13.2 Å². The summed E-state index contributed by atoms with van der Waals surface area (Å²) in [6.07, 6.45) is 9.71. The minimum absolute atomic E-state index is 0.231. The van der Waals surface area contributed by atoms with Gasteiger partial charge in [-0.05, 0) is 111 Å². The van der Waals surface area contributed by atoms with Gasteiger partial charge in [0.25, 0.3) is 0 Å². The summed E-state index contributed by atoms with van der Waals surface area (Å²) < 4.78 is 12.2. The molecule has 9 atom stereocenters. The molecule has 38 heavy (non-hydrogen) atoms. The van der Waals surface area contributed by atoms with Crippen molar-refractivity contribution in [2.24, 2.45) is 35.0 Å². The lowest BCUT2D eigenvalue weighted by atomic mass is 9.44. The van der Waals surface area contributed by atoms with Gasteiger partial charge in [-0.2, -0.15) is 0 Å². The second-order valence-corrected chi connectivity index (χ2v) is 14.2. The second-order valence-electron chi connectivity index (χ2n) is 14.2. The summed E-state index contributed by atoms with van der Waals surface area (Å²) in [5.41, 5.74) is 0.950. The average molecular weight is 519 g/mol. The normalized spacial score (nSPS) is 46.0. The molecule has 2 N–H and O–H groups in total. The highest BCUT2D eigenvalue weighted by molar-refractivity contribution is 5.34. The summed E-state index contributed by atoms with van der Waals surface area (Å²) in [6.45, 7) is 7.85. The first-order valence-electron chi connectivity index (χ1n) is 15.5. The molecule has 5 aliphatic carbocycles.